The molecule has 0 saturated carbocycles. The first-order valence-corrected chi connectivity index (χ1v) is 24.0. The van der Waals surface area contributed by atoms with Gasteiger partial charge < -0.3 is 34.8 Å². The molecule has 0 aromatic rings. The lowest BCUT2D eigenvalue weighted by molar-refractivity contribution is -0.161. The van der Waals surface area contributed by atoms with E-state index in [1.807, 2.05) is 12.2 Å². The van der Waals surface area contributed by atoms with E-state index in [9.17, 15) is 34.4 Å². The van der Waals surface area contributed by atoms with E-state index in [0.717, 1.165) is 44.4 Å². The van der Waals surface area contributed by atoms with Crippen LogP contribution >= 0.6 is 7.82 Å². The lowest BCUT2D eigenvalue weighted by Crippen LogP contribution is -2.30. The molecular weight excluding hydrogens is 763 g/mol. The van der Waals surface area contributed by atoms with Crippen LogP contribution in [0.2, 0.25) is 0 Å². The number of carbonyl (C=O) groups excluding carboxylic acids is 2. The van der Waals surface area contributed by atoms with Crippen LogP contribution in [0.5, 0.6) is 0 Å². The Hall–Kier alpha value is -1.89. The maximum absolute atomic E-state index is 12.7. The minimum Gasteiger partial charge on any atom is -0.462 e. The second-order valence-corrected chi connectivity index (χ2v) is 17.3. The van der Waals surface area contributed by atoms with Gasteiger partial charge in [-0.3, -0.25) is 18.6 Å². The van der Waals surface area contributed by atoms with E-state index >= 15 is 0 Å². The summed E-state index contributed by atoms with van der Waals surface area (Å²) in [6.45, 7) is 4.35. The number of unbranched alkanes of at least 4 members (excludes halogenated alkanes) is 15. The molecule has 0 radical (unpaired) electrons. The molecule has 5 atom stereocenters. The number of ether oxygens (including phenoxy) is 2. The van der Waals surface area contributed by atoms with E-state index in [1.165, 1.54) is 83.5 Å². The van der Waals surface area contributed by atoms with Crippen molar-refractivity contribution < 1.29 is 58.0 Å². The zero-order valence-corrected chi connectivity index (χ0v) is 37.3. The third-order valence-corrected chi connectivity index (χ3v) is 10.6. The smallest absolute Gasteiger partial charge is 0.462 e. The molecule has 0 amide bonds. The Labute approximate surface area is 351 Å². The molecule has 0 fully saturated rings. The van der Waals surface area contributed by atoms with E-state index in [2.05, 4.69) is 49.6 Å². The Morgan fingerprint density at radius 1 is 0.603 bits per heavy atom. The van der Waals surface area contributed by atoms with Crippen LogP contribution in [0, 0.1) is 5.92 Å². The number of esters is 2. The zero-order chi connectivity index (χ0) is 43.1. The minimum absolute atomic E-state index is 0.129. The van der Waals surface area contributed by atoms with Gasteiger partial charge in [0, 0.05) is 12.8 Å². The lowest BCUT2D eigenvalue weighted by atomic mass is 10.0. The summed E-state index contributed by atoms with van der Waals surface area (Å²) in [5, 5.41) is 39.1. The number of carbonyl (C=O) groups is 2. The molecule has 0 heterocycles. The van der Waals surface area contributed by atoms with Crippen LogP contribution in [-0.4, -0.2) is 88.1 Å². The molecule has 13 heteroatoms. The Balaban J connectivity index is 4.51. The predicted molar refractivity (Wildman–Crippen MR) is 231 cm³/mol. The van der Waals surface area contributed by atoms with Gasteiger partial charge >= 0.3 is 19.8 Å². The van der Waals surface area contributed by atoms with E-state index < -0.39 is 70.6 Å². The highest BCUT2D eigenvalue weighted by molar-refractivity contribution is 7.47. The van der Waals surface area contributed by atoms with Crippen LogP contribution in [-0.2, 0) is 32.7 Å². The van der Waals surface area contributed by atoms with Crippen molar-refractivity contribution >= 4 is 19.8 Å². The second-order valence-electron chi connectivity index (χ2n) is 15.9. The number of rotatable bonds is 41. The maximum Gasteiger partial charge on any atom is 0.472 e. The Kier molecular flexibility index (Phi) is 38.0. The van der Waals surface area contributed by atoms with Crippen LogP contribution in [0.15, 0.2) is 36.5 Å². The summed E-state index contributed by atoms with van der Waals surface area (Å²) in [5.41, 5.74) is 0. The van der Waals surface area contributed by atoms with Crippen LogP contribution in [0.1, 0.15) is 181 Å². The number of aliphatic hydroxyl groups is 4. The third kappa shape index (κ3) is 38.3. The average Bonchev–Trinajstić information content (AvgIpc) is 3.19. The second kappa shape index (κ2) is 39.3. The molecule has 0 spiro atoms. The fraction of sp³-hybridized carbons (Fsp3) is 0.822. The summed E-state index contributed by atoms with van der Waals surface area (Å²) in [6.07, 6.45) is 31.4. The lowest BCUT2D eigenvalue weighted by Gasteiger charge is -2.20. The summed E-state index contributed by atoms with van der Waals surface area (Å²) >= 11 is 0. The van der Waals surface area contributed by atoms with E-state index in [-0.39, 0.29) is 32.1 Å². The molecule has 0 aromatic heterocycles. The highest BCUT2D eigenvalue weighted by atomic mass is 31.2. The minimum atomic E-state index is -4.70. The van der Waals surface area contributed by atoms with E-state index in [0.29, 0.717) is 6.42 Å². The number of phosphoric ester groups is 1. The molecule has 0 aliphatic carbocycles. The summed E-state index contributed by atoms with van der Waals surface area (Å²) in [7, 11) is -4.70. The summed E-state index contributed by atoms with van der Waals surface area (Å²) < 4.78 is 32.5. The molecule has 0 aliphatic heterocycles. The molecule has 0 aliphatic rings. The monoisotopic (exact) mass is 847 g/mol. The van der Waals surface area contributed by atoms with Gasteiger partial charge in [0.25, 0.3) is 0 Å². The van der Waals surface area contributed by atoms with Crippen molar-refractivity contribution in [3.05, 3.63) is 36.5 Å². The molecule has 0 saturated heterocycles. The first-order chi connectivity index (χ1) is 27.9. The molecule has 5 N–H and O–H groups in total. The molecule has 0 aromatic carbocycles. The summed E-state index contributed by atoms with van der Waals surface area (Å²) in [6, 6.07) is 0. The fourth-order valence-electron chi connectivity index (χ4n) is 6.05. The van der Waals surface area contributed by atoms with Gasteiger partial charge in [-0.2, -0.15) is 0 Å². The zero-order valence-electron chi connectivity index (χ0n) is 36.4. The number of hydrogen-bond donors (Lipinski definition) is 5. The highest BCUT2D eigenvalue weighted by Gasteiger charge is 2.27. The highest BCUT2D eigenvalue weighted by Crippen LogP contribution is 2.43. The molecule has 3 unspecified atom stereocenters. The Morgan fingerprint density at radius 3 is 1.72 bits per heavy atom. The van der Waals surface area contributed by atoms with Crippen LogP contribution < -0.4 is 0 Å². The van der Waals surface area contributed by atoms with Crippen molar-refractivity contribution in [1.29, 1.82) is 0 Å². The molecular formula is C45H83O12P. The van der Waals surface area contributed by atoms with Gasteiger partial charge in [0.05, 0.1) is 32.0 Å². The Morgan fingerprint density at radius 2 is 1.14 bits per heavy atom. The predicted octanol–water partition coefficient (Wildman–Crippen LogP) is 9.75. The summed E-state index contributed by atoms with van der Waals surface area (Å²) in [5.74, 6) is -0.402. The normalized spacial score (nSPS) is 15.3. The van der Waals surface area contributed by atoms with Crippen molar-refractivity contribution in [2.45, 2.75) is 206 Å². The molecule has 12 nitrogen and oxygen atoms in total. The van der Waals surface area contributed by atoms with Crippen molar-refractivity contribution in [2.75, 3.05) is 26.4 Å². The standard InChI is InChI=1S/C45H83O12P/c1-4-5-6-7-8-9-10-15-18-21-24-27-31-42(48)43(49)32-29-34-45(51)57-41(38-56-58(52,53)55-36-40(47)35-46)37-54-44(50)33-28-25-22-19-16-13-11-12-14-17-20-23-26-30-39(2)3/h8-9,15,18,24,27,39-43,46-49H,4-7,10-14,16-17,19-23,25-26,28-38H2,1-3H3,(H,52,53)/b9-8-,18-15-,27-24-/t40-,41+,42?,43?/m0/s1. The topological polar surface area (TPSA) is 189 Å². The van der Waals surface area contributed by atoms with Crippen LogP contribution in [0.4, 0.5) is 0 Å². The summed E-state index contributed by atoms with van der Waals surface area (Å²) in [4.78, 5) is 35.1. The fourth-order valence-corrected chi connectivity index (χ4v) is 6.84. The van der Waals surface area contributed by atoms with Gasteiger partial charge in [-0.05, 0) is 57.3 Å². The number of phosphoric acid groups is 1. The third-order valence-electron chi connectivity index (χ3n) is 9.68. The van der Waals surface area contributed by atoms with Gasteiger partial charge in [0.2, 0.25) is 0 Å². The number of aliphatic hydroxyl groups excluding tert-OH is 4. The molecule has 0 bridgehead atoms. The van der Waals surface area contributed by atoms with E-state index in [1.54, 1.807) is 0 Å². The van der Waals surface area contributed by atoms with Gasteiger partial charge in [0.1, 0.15) is 12.7 Å². The van der Waals surface area contributed by atoms with E-state index in [4.69, 9.17) is 19.1 Å². The molecule has 340 valence electrons. The molecule has 58 heavy (non-hydrogen) atoms. The Bertz CT molecular complexity index is 1110. The quantitative estimate of drug-likeness (QED) is 0.0170. The number of hydrogen-bond acceptors (Lipinski definition) is 11. The first kappa shape index (κ1) is 56.1. The largest absolute Gasteiger partial charge is 0.472 e. The maximum atomic E-state index is 12.7. The van der Waals surface area contributed by atoms with Crippen molar-refractivity contribution in [1.82, 2.24) is 0 Å². The van der Waals surface area contributed by atoms with Gasteiger partial charge in [-0.25, -0.2) is 4.57 Å². The number of allylic oxidation sites excluding steroid dienone is 5. The van der Waals surface area contributed by atoms with Crippen LogP contribution in [0.25, 0.3) is 0 Å². The van der Waals surface area contributed by atoms with Gasteiger partial charge in [-0.1, -0.05) is 154 Å². The van der Waals surface area contributed by atoms with Crippen molar-refractivity contribution in [2.24, 2.45) is 5.92 Å². The van der Waals surface area contributed by atoms with Gasteiger partial charge in [-0.15, -0.1) is 0 Å². The molecule has 0 rings (SSSR count). The first-order valence-electron chi connectivity index (χ1n) is 22.5. The van der Waals surface area contributed by atoms with Gasteiger partial charge in [0.15, 0.2) is 6.10 Å². The van der Waals surface area contributed by atoms with Crippen molar-refractivity contribution in [3.8, 4) is 0 Å². The SMILES string of the molecule is CCCCC/C=C\C/C=C\C/C=C\CC(O)C(O)CCCC(=O)O[C@H](COC(=O)CCCCCCCCCCCCCCCC(C)C)COP(=O)(O)OC[C@@H](O)CO. The van der Waals surface area contributed by atoms with Crippen LogP contribution in [0.3, 0.4) is 0 Å². The van der Waals surface area contributed by atoms with Crippen molar-refractivity contribution in [3.63, 3.8) is 0 Å². The average molecular weight is 847 g/mol.